The molecule has 0 atom stereocenters. The summed E-state index contributed by atoms with van der Waals surface area (Å²) in [5, 5.41) is 9.28. The highest BCUT2D eigenvalue weighted by atomic mass is 35.5. The van der Waals surface area contributed by atoms with Crippen LogP contribution in [-0.4, -0.2) is 20.6 Å². The van der Waals surface area contributed by atoms with E-state index in [4.69, 9.17) is 16.7 Å². The summed E-state index contributed by atoms with van der Waals surface area (Å²) in [4.78, 5) is -0.0150. The summed E-state index contributed by atoms with van der Waals surface area (Å²) in [5.74, 6) is 0. The van der Waals surface area contributed by atoms with Crippen LogP contribution < -0.4 is 4.31 Å². The number of aryl methyl sites for hydroxylation is 1. The van der Waals surface area contributed by atoms with E-state index in [0.29, 0.717) is 11.3 Å². The fraction of sp³-hybridized carbons (Fsp3) is 0.200. The van der Waals surface area contributed by atoms with Crippen LogP contribution in [0.4, 0.5) is 5.69 Å². The van der Waals surface area contributed by atoms with Crippen LogP contribution in [0.15, 0.2) is 47.4 Å². The Hall–Kier alpha value is -1.56. The molecule has 0 unspecified atom stereocenters. The highest BCUT2D eigenvalue weighted by molar-refractivity contribution is 7.93. The standard InChI is InChI=1S/C15H16ClNO3S/c1-11-3-6-13(7-4-11)17(2)21(19,20)15-9-12(10-18)5-8-14(15)16/h3-9,18H,10H2,1-2H3. The van der Waals surface area contributed by atoms with Crippen LogP contribution in [0.5, 0.6) is 0 Å². The van der Waals surface area contributed by atoms with Crippen LogP contribution in [0.1, 0.15) is 11.1 Å². The largest absolute Gasteiger partial charge is 0.392 e. The van der Waals surface area contributed by atoms with Crippen molar-refractivity contribution >= 4 is 27.3 Å². The number of nitrogens with zero attached hydrogens (tertiary/aromatic N) is 1. The lowest BCUT2D eigenvalue weighted by Gasteiger charge is -2.20. The van der Waals surface area contributed by atoms with Gasteiger partial charge in [0.05, 0.1) is 17.3 Å². The summed E-state index contributed by atoms with van der Waals surface area (Å²) in [6.07, 6.45) is 0. The molecular formula is C15H16ClNO3S. The van der Waals surface area contributed by atoms with Crippen molar-refractivity contribution in [3.63, 3.8) is 0 Å². The van der Waals surface area contributed by atoms with Gasteiger partial charge in [-0.25, -0.2) is 8.42 Å². The van der Waals surface area contributed by atoms with Crippen LogP contribution in [0.3, 0.4) is 0 Å². The molecule has 0 aliphatic heterocycles. The van der Waals surface area contributed by atoms with E-state index >= 15 is 0 Å². The van der Waals surface area contributed by atoms with Crippen LogP contribution >= 0.6 is 11.6 Å². The zero-order valence-corrected chi connectivity index (χ0v) is 13.3. The lowest BCUT2D eigenvalue weighted by Crippen LogP contribution is -2.26. The van der Waals surface area contributed by atoms with E-state index < -0.39 is 10.0 Å². The number of hydrogen-bond donors (Lipinski definition) is 1. The normalized spacial score (nSPS) is 11.4. The molecule has 112 valence electrons. The molecule has 2 rings (SSSR count). The van der Waals surface area contributed by atoms with Crippen molar-refractivity contribution in [3.8, 4) is 0 Å². The molecule has 0 saturated heterocycles. The number of aliphatic hydroxyl groups excluding tert-OH is 1. The molecule has 0 saturated carbocycles. The van der Waals surface area contributed by atoms with Crippen LogP contribution in [0.2, 0.25) is 5.02 Å². The third-order valence-corrected chi connectivity index (χ3v) is 5.48. The van der Waals surface area contributed by atoms with Crippen LogP contribution in [0.25, 0.3) is 0 Å². The molecule has 0 heterocycles. The van der Waals surface area contributed by atoms with Gasteiger partial charge in [-0.3, -0.25) is 4.31 Å². The minimum Gasteiger partial charge on any atom is -0.392 e. The van der Waals surface area contributed by atoms with Gasteiger partial charge in [-0.15, -0.1) is 0 Å². The number of halogens is 1. The number of hydrogen-bond acceptors (Lipinski definition) is 3. The fourth-order valence-electron chi connectivity index (χ4n) is 1.88. The lowest BCUT2D eigenvalue weighted by atomic mass is 10.2. The van der Waals surface area contributed by atoms with E-state index in [2.05, 4.69) is 0 Å². The van der Waals surface area contributed by atoms with Crippen molar-refractivity contribution in [2.75, 3.05) is 11.4 Å². The molecule has 0 radical (unpaired) electrons. The molecule has 0 spiro atoms. The van der Waals surface area contributed by atoms with E-state index in [1.807, 2.05) is 19.1 Å². The first-order valence-corrected chi connectivity index (χ1v) is 8.13. The maximum Gasteiger partial charge on any atom is 0.265 e. The number of sulfonamides is 1. The van der Waals surface area contributed by atoms with Crippen molar-refractivity contribution in [1.82, 2.24) is 0 Å². The molecule has 0 bridgehead atoms. The van der Waals surface area contributed by atoms with E-state index in [-0.39, 0.29) is 16.5 Å². The summed E-state index contributed by atoms with van der Waals surface area (Å²) in [6.45, 7) is 1.69. The second-order valence-electron chi connectivity index (χ2n) is 4.73. The average Bonchev–Trinajstić information content (AvgIpc) is 2.47. The lowest BCUT2D eigenvalue weighted by molar-refractivity contribution is 0.281. The van der Waals surface area contributed by atoms with Crippen molar-refractivity contribution in [2.24, 2.45) is 0 Å². The zero-order valence-electron chi connectivity index (χ0n) is 11.7. The number of anilines is 1. The molecular weight excluding hydrogens is 310 g/mol. The van der Waals surface area contributed by atoms with Crippen molar-refractivity contribution < 1.29 is 13.5 Å². The first kappa shape index (κ1) is 15.8. The van der Waals surface area contributed by atoms with Crippen molar-refractivity contribution in [3.05, 3.63) is 58.6 Å². The quantitative estimate of drug-likeness (QED) is 0.940. The molecule has 0 aromatic heterocycles. The van der Waals surface area contributed by atoms with Gasteiger partial charge in [-0.05, 0) is 36.8 Å². The fourth-order valence-corrected chi connectivity index (χ4v) is 3.60. The maximum atomic E-state index is 12.7. The Morgan fingerprint density at radius 3 is 2.33 bits per heavy atom. The van der Waals surface area contributed by atoms with Gasteiger partial charge in [-0.1, -0.05) is 35.4 Å². The summed E-state index contributed by atoms with van der Waals surface area (Å²) in [6, 6.07) is 11.6. The summed E-state index contributed by atoms with van der Waals surface area (Å²) in [7, 11) is -2.30. The number of aliphatic hydroxyl groups is 1. The molecule has 0 aliphatic carbocycles. The molecule has 2 aromatic rings. The molecule has 6 heteroatoms. The van der Waals surface area contributed by atoms with Crippen LogP contribution in [-0.2, 0) is 16.6 Å². The Bertz CT molecular complexity index is 742. The second-order valence-corrected chi connectivity index (χ2v) is 7.08. The summed E-state index contributed by atoms with van der Waals surface area (Å²) < 4.78 is 26.5. The Morgan fingerprint density at radius 1 is 1.14 bits per heavy atom. The van der Waals surface area contributed by atoms with E-state index in [0.717, 1.165) is 5.56 Å². The van der Waals surface area contributed by atoms with Gasteiger partial charge in [0.25, 0.3) is 10.0 Å². The smallest absolute Gasteiger partial charge is 0.265 e. The minimum absolute atomic E-state index is 0.0150. The van der Waals surface area contributed by atoms with Crippen molar-refractivity contribution in [2.45, 2.75) is 18.4 Å². The third-order valence-electron chi connectivity index (χ3n) is 3.21. The van der Waals surface area contributed by atoms with Crippen LogP contribution in [0, 0.1) is 6.92 Å². The Morgan fingerprint density at radius 2 is 1.76 bits per heavy atom. The molecule has 0 fully saturated rings. The van der Waals surface area contributed by atoms with Gasteiger partial charge < -0.3 is 5.11 Å². The molecule has 0 amide bonds. The topological polar surface area (TPSA) is 57.6 Å². The van der Waals surface area contributed by atoms with Gasteiger partial charge >= 0.3 is 0 Å². The molecule has 2 aromatic carbocycles. The van der Waals surface area contributed by atoms with Gasteiger partial charge in [-0.2, -0.15) is 0 Å². The van der Waals surface area contributed by atoms with E-state index in [9.17, 15) is 8.42 Å². The average molecular weight is 326 g/mol. The third kappa shape index (κ3) is 3.20. The van der Waals surface area contributed by atoms with Gasteiger partial charge in [0, 0.05) is 7.05 Å². The highest BCUT2D eigenvalue weighted by Gasteiger charge is 2.24. The molecule has 0 aliphatic rings. The summed E-state index contributed by atoms with van der Waals surface area (Å²) >= 11 is 6.01. The Balaban J connectivity index is 2.48. The number of rotatable bonds is 4. The van der Waals surface area contributed by atoms with E-state index in [1.165, 1.54) is 23.5 Å². The van der Waals surface area contributed by atoms with Crippen molar-refractivity contribution in [1.29, 1.82) is 0 Å². The predicted molar refractivity (Wildman–Crippen MR) is 84.1 cm³/mol. The highest BCUT2D eigenvalue weighted by Crippen LogP contribution is 2.28. The zero-order chi connectivity index (χ0) is 15.6. The first-order valence-electron chi connectivity index (χ1n) is 6.31. The second kappa shape index (κ2) is 6.05. The maximum absolute atomic E-state index is 12.7. The van der Waals surface area contributed by atoms with E-state index in [1.54, 1.807) is 18.2 Å². The molecule has 21 heavy (non-hydrogen) atoms. The van der Waals surface area contributed by atoms with Gasteiger partial charge in [0.2, 0.25) is 0 Å². The SMILES string of the molecule is Cc1ccc(N(C)S(=O)(=O)c2cc(CO)ccc2Cl)cc1. The Labute approximate surface area is 129 Å². The monoisotopic (exact) mass is 325 g/mol. The van der Waals surface area contributed by atoms with Gasteiger partial charge in [0.15, 0.2) is 0 Å². The predicted octanol–water partition coefficient (Wildman–Crippen LogP) is 2.97. The number of benzene rings is 2. The first-order chi connectivity index (χ1) is 9.86. The minimum atomic E-state index is -3.78. The van der Waals surface area contributed by atoms with Gasteiger partial charge in [0.1, 0.15) is 4.90 Å². The molecule has 1 N–H and O–H groups in total. The molecule has 4 nitrogen and oxygen atoms in total. The Kier molecular flexibility index (Phi) is 4.56. The summed E-state index contributed by atoms with van der Waals surface area (Å²) in [5.41, 5.74) is 2.09.